The smallest absolute Gasteiger partial charge is 0.261 e. The molecule has 1 heterocycles. The third kappa shape index (κ3) is 4.05. The first kappa shape index (κ1) is 19.1. The summed E-state index contributed by atoms with van der Waals surface area (Å²) in [7, 11) is 0. The van der Waals surface area contributed by atoms with Gasteiger partial charge in [0.2, 0.25) is 11.8 Å². The minimum Gasteiger partial charge on any atom is -0.484 e. The Morgan fingerprint density at radius 3 is 2.80 bits per heavy atom. The van der Waals surface area contributed by atoms with Crippen molar-refractivity contribution in [3.05, 3.63) is 64.5 Å². The number of hydrogen-bond acceptors (Lipinski definition) is 5. The van der Waals surface area contributed by atoms with Gasteiger partial charge in [0.1, 0.15) is 5.75 Å². The van der Waals surface area contributed by atoms with Crippen LogP contribution in [0.2, 0.25) is 5.02 Å². The molecular formula is C23H22ClN3O3. The summed E-state index contributed by atoms with van der Waals surface area (Å²) < 4.78 is 11.6. The molecule has 3 aromatic rings. The predicted molar refractivity (Wildman–Crippen MR) is 112 cm³/mol. The SMILES string of the molecule is O=C(COc1ccc2c(c1)CCC2)N(Cc1nnc(-c2ccccc2Cl)o1)C1CC1. The predicted octanol–water partition coefficient (Wildman–Crippen LogP) is 4.45. The number of carbonyl (C=O) groups excluding carboxylic acids is 1. The third-order valence-electron chi connectivity index (χ3n) is 5.62. The first-order chi connectivity index (χ1) is 14.7. The van der Waals surface area contributed by atoms with Gasteiger partial charge in [0.25, 0.3) is 5.91 Å². The van der Waals surface area contributed by atoms with Gasteiger partial charge in [-0.15, -0.1) is 10.2 Å². The monoisotopic (exact) mass is 423 g/mol. The lowest BCUT2D eigenvalue weighted by Gasteiger charge is -2.20. The van der Waals surface area contributed by atoms with Gasteiger partial charge in [-0.1, -0.05) is 29.8 Å². The molecule has 5 rings (SSSR count). The summed E-state index contributed by atoms with van der Waals surface area (Å²) in [5.74, 6) is 1.42. The number of carbonyl (C=O) groups is 1. The van der Waals surface area contributed by atoms with Crippen molar-refractivity contribution in [3.63, 3.8) is 0 Å². The van der Waals surface area contributed by atoms with Crippen LogP contribution in [0, 0.1) is 0 Å². The minimum atomic E-state index is -0.0736. The summed E-state index contributed by atoms with van der Waals surface area (Å²) in [5, 5.41) is 8.76. The zero-order valence-corrected chi connectivity index (χ0v) is 17.3. The number of ether oxygens (including phenoxy) is 1. The average Bonchev–Trinajstić information content (AvgIpc) is 3.30. The number of aromatic nitrogens is 2. The second-order valence-corrected chi connectivity index (χ2v) is 8.21. The number of rotatable bonds is 7. The summed E-state index contributed by atoms with van der Waals surface area (Å²) in [5.41, 5.74) is 3.40. The number of amides is 1. The maximum Gasteiger partial charge on any atom is 0.261 e. The van der Waals surface area contributed by atoms with Crippen LogP contribution < -0.4 is 4.74 Å². The number of halogens is 1. The van der Waals surface area contributed by atoms with Crippen LogP contribution >= 0.6 is 11.6 Å². The quantitative estimate of drug-likeness (QED) is 0.561. The van der Waals surface area contributed by atoms with E-state index in [1.165, 1.54) is 17.5 Å². The third-order valence-corrected chi connectivity index (χ3v) is 5.95. The van der Waals surface area contributed by atoms with Crippen molar-refractivity contribution in [2.45, 2.75) is 44.7 Å². The van der Waals surface area contributed by atoms with Crippen LogP contribution in [-0.2, 0) is 24.2 Å². The Morgan fingerprint density at radius 2 is 1.97 bits per heavy atom. The Balaban J connectivity index is 1.25. The van der Waals surface area contributed by atoms with E-state index in [0.29, 0.717) is 22.4 Å². The molecule has 0 spiro atoms. The van der Waals surface area contributed by atoms with E-state index in [2.05, 4.69) is 22.3 Å². The topological polar surface area (TPSA) is 68.5 Å². The average molecular weight is 424 g/mol. The maximum absolute atomic E-state index is 12.9. The van der Waals surface area contributed by atoms with Crippen LogP contribution in [0.5, 0.6) is 5.75 Å². The van der Waals surface area contributed by atoms with Crippen LogP contribution in [-0.4, -0.2) is 33.7 Å². The van der Waals surface area contributed by atoms with Gasteiger partial charge in [0.15, 0.2) is 6.61 Å². The van der Waals surface area contributed by atoms with Crippen LogP contribution in [0.4, 0.5) is 0 Å². The molecule has 1 aromatic heterocycles. The molecule has 2 aliphatic rings. The molecule has 1 saturated carbocycles. The number of nitrogens with zero attached hydrogens (tertiary/aromatic N) is 3. The van der Waals surface area contributed by atoms with Crippen molar-refractivity contribution in [1.82, 2.24) is 15.1 Å². The number of fused-ring (bicyclic) bond motifs is 1. The Hall–Kier alpha value is -2.86. The fourth-order valence-corrected chi connectivity index (χ4v) is 4.10. The summed E-state index contributed by atoms with van der Waals surface area (Å²) in [4.78, 5) is 14.6. The molecule has 2 aliphatic carbocycles. The first-order valence-electron chi connectivity index (χ1n) is 10.3. The molecule has 0 unspecified atom stereocenters. The van der Waals surface area contributed by atoms with E-state index < -0.39 is 0 Å². The summed E-state index contributed by atoms with van der Waals surface area (Å²) >= 11 is 6.21. The maximum atomic E-state index is 12.9. The van der Waals surface area contributed by atoms with Gasteiger partial charge in [-0.05, 0) is 67.5 Å². The standard InChI is InChI=1S/C23H22ClN3O3/c24-20-7-2-1-6-19(20)23-26-25-21(30-23)13-27(17-9-10-17)22(28)14-29-18-11-8-15-4-3-5-16(15)12-18/h1-2,6-8,11-12,17H,3-5,9-10,13-14H2. The normalized spacial score (nSPS) is 15.1. The fourth-order valence-electron chi connectivity index (χ4n) is 3.88. The van der Waals surface area contributed by atoms with E-state index in [4.69, 9.17) is 20.8 Å². The van der Waals surface area contributed by atoms with Gasteiger partial charge in [-0.2, -0.15) is 0 Å². The molecule has 0 aliphatic heterocycles. The lowest BCUT2D eigenvalue weighted by atomic mass is 10.1. The lowest BCUT2D eigenvalue weighted by Crippen LogP contribution is -2.36. The van der Waals surface area contributed by atoms with Gasteiger partial charge in [0, 0.05) is 6.04 Å². The van der Waals surface area contributed by atoms with Gasteiger partial charge in [-0.25, -0.2) is 0 Å². The van der Waals surface area contributed by atoms with Crippen molar-refractivity contribution in [2.75, 3.05) is 6.61 Å². The number of hydrogen-bond donors (Lipinski definition) is 0. The second-order valence-electron chi connectivity index (χ2n) is 7.81. The molecule has 0 radical (unpaired) electrons. The molecule has 6 nitrogen and oxygen atoms in total. The zero-order chi connectivity index (χ0) is 20.5. The van der Waals surface area contributed by atoms with Crippen LogP contribution in [0.15, 0.2) is 46.9 Å². The van der Waals surface area contributed by atoms with Crippen LogP contribution in [0.25, 0.3) is 11.5 Å². The highest BCUT2D eigenvalue weighted by Crippen LogP contribution is 2.31. The van der Waals surface area contributed by atoms with Crippen molar-refractivity contribution < 1.29 is 13.9 Å². The highest BCUT2D eigenvalue weighted by molar-refractivity contribution is 6.33. The van der Waals surface area contributed by atoms with E-state index in [1.54, 1.807) is 11.0 Å². The summed E-state index contributed by atoms with van der Waals surface area (Å²) in [6, 6.07) is 13.6. The number of aryl methyl sites for hydroxylation is 2. The molecule has 154 valence electrons. The van der Waals surface area contributed by atoms with Gasteiger partial charge in [0.05, 0.1) is 17.1 Å². The van der Waals surface area contributed by atoms with Gasteiger partial charge >= 0.3 is 0 Å². The Labute approximate surface area is 179 Å². The zero-order valence-electron chi connectivity index (χ0n) is 16.5. The molecule has 30 heavy (non-hydrogen) atoms. The summed E-state index contributed by atoms with van der Waals surface area (Å²) in [6.07, 6.45) is 5.36. The van der Waals surface area contributed by atoms with E-state index in [0.717, 1.165) is 31.4 Å². The minimum absolute atomic E-state index is 0.000788. The van der Waals surface area contributed by atoms with E-state index in [1.807, 2.05) is 24.3 Å². The summed E-state index contributed by atoms with van der Waals surface area (Å²) in [6.45, 7) is 0.273. The Bertz CT molecular complexity index is 1080. The van der Waals surface area contributed by atoms with Crippen molar-refractivity contribution in [2.24, 2.45) is 0 Å². The van der Waals surface area contributed by atoms with Crippen LogP contribution in [0.3, 0.4) is 0 Å². The van der Waals surface area contributed by atoms with Crippen LogP contribution in [0.1, 0.15) is 36.3 Å². The molecule has 0 saturated heterocycles. The van der Waals surface area contributed by atoms with Gasteiger partial charge in [-0.3, -0.25) is 4.79 Å². The fraction of sp³-hybridized carbons (Fsp3) is 0.348. The first-order valence-corrected chi connectivity index (χ1v) is 10.7. The Kier molecular flexibility index (Phi) is 5.17. The molecule has 0 N–H and O–H groups in total. The highest BCUT2D eigenvalue weighted by Gasteiger charge is 2.34. The molecule has 0 bridgehead atoms. The largest absolute Gasteiger partial charge is 0.484 e. The number of benzene rings is 2. The molecule has 2 aromatic carbocycles. The Morgan fingerprint density at radius 1 is 1.13 bits per heavy atom. The molecule has 7 heteroatoms. The van der Waals surface area contributed by atoms with E-state index in [-0.39, 0.29) is 25.1 Å². The second kappa shape index (κ2) is 8.11. The molecule has 0 atom stereocenters. The molecule has 1 fully saturated rings. The van der Waals surface area contributed by atoms with E-state index in [9.17, 15) is 4.79 Å². The molecular weight excluding hydrogens is 402 g/mol. The highest BCUT2D eigenvalue weighted by atomic mass is 35.5. The van der Waals surface area contributed by atoms with Crippen molar-refractivity contribution >= 4 is 17.5 Å². The van der Waals surface area contributed by atoms with Gasteiger partial charge < -0.3 is 14.1 Å². The lowest BCUT2D eigenvalue weighted by molar-refractivity contribution is -0.134. The van der Waals surface area contributed by atoms with E-state index >= 15 is 0 Å². The molecule has 1 amide bonds. The van der Waals surface area contributed by atoms with Crippen molar-refractivity contribution in [3.8, 4) is 17.2 Å². The van der Waals surface area contributed by atoms with Crippen molar-refractivity contribution in [1.29, 1.82) is 0 Å².